The van der Waals surface area contributed by atoms with Gasteiger partial charge >= 0.3 is 6.16 Å². The van der Waals surface area contributed by atoms with Gasteiger partial charge in [0.1, 0.15) is 12.7 Å². The van der Waals surface area contributed by atoms with Gasteiger partial charge in [0.2, 0.25) is 5.91 Å². The summed E-state index contributed by atoms with van der Waals surface area (Å²) in [6.07, 6.45) is -1.65. The lowest BCUT2D eigenvalue weighted by molar-refractivity contribution is -0.384. The number of hydrogen-bond acceptors (Lipinski definition) is 7. The Labute approximate surface area is 150 Å². The number of aliphatic hydroxyl groups is 1. The largest absolute Gasteiger partial charge is 0.508 e. The molecular formula is C17H22N2O7. The van der Waals surface area contributed by atoms with Crippen molar-refractivity contribution in [2.24, 2.45) is 11.3 Å². The average Bonchev–Trinajstić information content (AvgIpc) is 2.57. The lowest BCUT2D eigenvalue weighted by Crippen LogP contribution is -2.68. The Morgan fingerprint density at radius 3 is 2.50 bits per heavy atom. The number of nitrogens with zero attached hydrogens (tertiary/aromatic N) is 1. The molecule has 26 heavy (non-hydrogen) atoms. The number of benzene rings is 1. The SMILES string of the molecule is CC(OC(=O)OCc1ccc([N+](=O)[O-])cc1)C1C(=O)NC1C(C)(C)CO. The number of amides is 1. The van der Waals surface area contributed by atoms with Crippen LogP contribution in [0.5, 0.6) is 0 Å². The van der Waals surface area contributed by atoms with Crippen LogP contribution in [0.4, 0.5) is 10.5 Å². The highest BCUT2D eigenvalue weighted by Crippen LogP contribution is 2.34. The maximum atomic E-state index is 11.8. The van der Waals surface area contributed by atoms with E-state index < -0.39 is 28.5 Å². The zero-order valence-corrected chi connectivity index (χ0v) is 14.8. The average molecular weight is 366 g/mol. The summed E-state index contributed by atoms with van der Waals surface area (Å²) < 4.78 is 10.2. The summed E-state index contributed by atoms with van der Waals surface area (Å²) in [5, 5.41) is 22.8. The molecular weight excluding hydrogens is 344 g/mol. The molecule has 1 aliphatic rings. The second-order valence-corrected chi connectivity index (χ2v) is 6.94. The van der Waals surface area contributed by atoms with Gasteiger partial charge in [-0.25, -0.2) is 4.79 Å². The Morgan fingerprint density at radius 1 is 1.38 bits per heavy atom. The number of hydrogen-bond donors (Lipinski definition) is 2. The van der Waals surface area contributed by atoms with Gasteiger partial charge in [0.15, 0.2) is 0 Å². The van der Waals surface area contributed by atoms with Crippen molar-refractivity contribution < 1.29 is 29.1 Å². The van der Waals surface area contributed by atoms with Crippen molar-refractivity contribution in [2.45, 2.75) is 39.5 Å². The monoisotopic (exact) mass is 366 g/mol. The van der Waals surface area contributed by atoms with Gasteiger partial charge in [0, 0.05) is 17.5 Å². The van der Waals surface area contributed by atoms with Crippen LogP contribution in [-0.2, 0) is 20.9 Å². The van der Waals surface area contributed by atoms with Crippen molar-refractivity contribution in [3.63, 3.8) is 0 Å². The van der Waals surface area contributed by atoms with Gasteiger partial charge in [0.05, 0.1) is 23.5 Å². The topological polar surface area (TPSA) is 128 Å². The van der Waals surface area contributed by atoms with Gasteiger partial charge in [-0.2, -0.15) is 0 Å². The Bertz CT molecular complexity index is 687. The summed E-state index contributed by atoms with van der Waals surface area (Å²) in [6.45, 7) is 4.99. The number of aliphatic hydroxyl groups excluding tert-OH is 1. The van der Waals surface area contributed by atoms with Crippen LogP contribution in [0.3, 0.4) is 0 Å². The van der Waals surface area contributed by atoms with Gasteiger partial charge in [-0.15, -0.1) is 0 Å². The van der Waals surface area contributed by atoms with Crippen molar-refractivity contribution in [3.05, 3.63) is 39.9 Å². The van der Waals surface area contributed by atoms with E-state index in [-0.39, 0.29) is 30.9 Å². The van der Waals surface area contributed by atoms with E-state index in [0.717, 1.165) is 0 Å². The fourth-order valence-corrected chi connectivity index (χ4v) is 2.77. The molecule has 1 amide bonds. The molecule has 9 heteroatoms. The van der Waals surface area contributed by atoms with Gasteiger partial charge in [-0.05, 0) is 24.6 Å². The second kappa shape index (κ2) is 7.69. The molecule has 0 aromatic heterocycles. The molecule has 1 fully saturated rings. The zero-order chi connectivity index (χ0) is 19.5. The standard InChI is InChI=1S/C17H22N2O7/c1-10(13-14(18-15(13)21)17(2,3)9-20)26-16(22)25-8-11-4-6-12(7-5-11)19(23)24/h4-7,10,13-14,20H,8-9H2,1-3H3,(H,18,21). The molecule has 9 nitrogen and oxygen atoms in total. The van der Waals surface area contributed by atoms with Crippen LogP contribution in [0, 0.1) is 21.4 Å². The molecule has 0 bridgehead atoms. The van der Waals surface area contributed by atoms with E-state index in [1.54, 1.807) is 6.92 Å². The molecule has 0 aliphatic carbocycles. The third-order valence-electron chi connectivity index (χ3n) is 4.50. The fraction of sp³-hybridized carbons (Fsp3) is 0.529. The highest BCUT2D eigenvalue weighted by Gasteiger charge is 2.51. The summed E-state index contributed by atoms with van der Waals surface area (Å²) in [4.78, 5) is 33.7. The van der Waals surface area contributed by atoms with Crippen molar-refractivity contribution in [2.75, 3.05) is 6.61 Å². The van der Waals surface area contributed by atoms with E-state index in [9.17, 15) is 24.8 Å². The minimum Gasteiger partial charge on any atom is -0.430 e. The number of nitro benzene ring substituents is 1. The molecule has 1 aliphatic heterocycles. The van der Waals surface area contributed by atoms with E-state index >= 15 is 0 Å². The van der Waals surface area contributed by atoms with Gasteiger partial charge in [-0.3, -0.25) is 14.9 Å². The van der Waals surface area contributed by atoms with Crippen LogP contribution in [0.25, 0.3) is 0 Å². The van der Waals surface area contributed by atoms with Gasteiger partial charge < -0.3 is 19.9 Å². The first-order valence-corrected chi connectivity index (χ1v) is 8.13. The third kappa shape index (κ3) is 4.29. The Kier molecular flexibility index (Phi) is 5.81. The number of rotatable bonds is 7. The van der Waals surface area contributed by atoms with E-state index in [1.807, 2.05) is 13.8 Å². The predicted molar refractivity (Wildman–Crippen MR) is 90.1 cm³/mol. The minimum absolute atomic E-state index is 0.0570. The molecule has 0 spiro atoms. The first-order chi connectivity index (χ1) is 12.2. The fourth-order valence-electron chi connectivity index (χ4n) is 2.77. The van der Waals surface area contributed by atoms with E-state index in [0.29, 0.717) is 5.56 Å². The predicted octanol–water partition coefficient (Wildman–Crippen LogP) is 1.77. The molecule has 1 aromatic rings. The Hall–Kier alpha value is -2.68. The van der Waals surface area contributed by atoms with Crippen LogP contribution in [0.2, 0.25) is 0 Å². The van der Waals surface area contributed by atoms with Crippen molar-refractivity contribution in [1.29, 1.82) is 0 Å². The molecule has 0 saturated carbocycles. The summed E-state index contributed by atoms with van der Waals surface area (Å²) in [5.74, 6) is -0.809. The number of carbonyl (C=O) groups excluding carboxylic acids is 2. The number of nitro groups is 1. The molecule has 0 radical (unpaired) electrons. The summed E-state index contributed by atoms with van der Waals surface area (Å²) in [6, 6.07) is 5.28. The van der Waals surface area contributed by atoms with Crippen molar-refractivity contribution in [3.8, 4) is 0 Å². The highest BCUT2D eigenvalue weighted by atomic mass is 16.7. The normalized spacial score (nSPS) is 20.5. The zero-order valence-electron chi connectivity index (χ0n) is 14.8. The van der Waals surface area contributed by atoms with E-state index in [2.05, 4.69) is 5.32 Å². The Morgan fingerprint density at radius 2 is 2.00 bits per heavy atom. The van der Waals surface area contributed by atoms with Crippen LogP contribution in [-0.4, -0.2) is 40.8 Å². The molecule has 1 heterocycles. The highest BCUT2D eigenvalue weighted by molar-refractivity contribution is 5.87. The first kappa shape index (κ1) is 19.6. The van der Waals surface area contributed by atoms with Crippen LogP contribution in [0.15, 0.2) is 24.3 Å². The number of β-lactam (4-membered cyclic amide) rings is 1. The minimum atomic E-state index is -0.934. The second-order valence-electron chi connectivity index (χ2n) is 6.94. The number of nitrogens with one attached hydrogen (secondary N) is 1. The number of non-ortho nitro benzene ring substituents is 1. The Balaban J connectivity index is 1.87. The van der Waals surface area contributed by atoms with Crippen LogP contribution >= 0.6 is 0 Å². The molecule has 2 rings (SSSR count). The van der Waals surface area contributed by atoms with Gasteiger partial charge in [0.25, 0.3) is 5.69 Å². The maximum Gasteiger partial charge on any atom is 0.508 e. The van der Waals surface area contributed by atoms with Crippen molar-refractivity contribution in [1.82, 2.24) is 5.32 Å². The number of carbonyl (C=O) groups is 2. The molecule has 3 atom stereocenters. The molecule has 1 saturated heterocycles. The summed E-state index contributed by atoms with van der Waals surface area (Å²) in [7, 11) is 0. The molecule has 1 aromatic carbocycles. The third-order valence-corrected chi connectivity index (χ3v) is 4.50. The molecule has 3 unspecified atom stereocenters. The lowest BCUT2D eigenvalue weighted by atomic mass is 9.71. The summed E-state index contributed by atoms with van der Waals surface area (Å²) >= 11 is 0. The molecule has 142 valence electrons. The van der Waals surface area contributed by atoms with Gasteiger partial charge in [-0.1, -0.05) is 13.8 Å². The van der Waals surface area contributed by atoms with E-state index in [1.165, 1.54) is 24.3 Å². The lowest BCUT2D eigenvalue weighted by Gasteiger charge is -2.47. The first-order valence-electron chi connectivity index (χ1n) is 8.13. The van der Waals surface area contributed by atoms with E-state index in [4.69, 9.17) is 9.47 Å². The van der Waals surface area contributed by atoms with Crippen LogP contribution in [0.1, 0.15) is 26.3 Å². The summed E-state index contributed by atoms with van der Waals surface area (Å²) in [5.41, 5.74) is -0.0295. The maximum absolute atomic E-state index is 11.8. The molecule has 2 N–H and O–H groups in total. The quantitative estimate of drug-likeness (QED) is 0.326. The van der Waals surface area contributed by atoms with Crippen molar-refractivity contribution >= 4 is 17.7 Å². The van der Waals surface area contributed by atoms with Crippen LogP contribution < -0.4 is 5.32 Å². The smallest absolute Gasteiger partial charge is 0.430 e. The number of ether oxygens (including phenoxy) is 2.